The molecule has 0 saturated heterocycles. The van der Waals surface area contributed by atoms with E-state index in [-0.39, 0.29) is 0 Å². The second-order valence-electron chi connectivity index (χ2n) is 3.56. The van der Waals surface area contributed by atoms with Crippen molar-refractivity contribution in [2.75, 3.05) is 20.3 Å². The van der Waals surface area contributed by atoms with E-state index in [0.717, 1.165) is 18.6 Å². The van der Waals surface area contributed by atoms with Crippen LogP contribution < -0.4 is 5.32 Å². The molecular formula is C10H15N3O3. The van der Waals surface area contributed by atoms with Crippen LogP contribution in [0.25, 0.3) is 0 Å². The van der Waals surface area contributed by atoms with E-state index in [1.807, 2.05) is 10.9 Å². The van der Waals surface area contributed by atoms with E-state index in [1.54, 1.807) is 0 Å². The predicted molar refractivity (Wildman–Crippen MR) is 56.0 cm³/mol. The number of hydrogen-bond acceptors (Lipinski definition) is 4. The molecule has 16 heavy (non-hydrogen) atoms. The molecule has 0 aromatic carbocycles. The molecule has 0 aliphatic carbocycles. The SMILES string of the molecule is COC(=O)NCCn1ncc2c1CCOC2. The number of hydrogen-bond donors (Lipinski definition) is 1. The molecule has 0 saturated carbocycles. The summed E-state index contributed by atoms with van der Waals surface area (Å²) in [5.41, 5.74) is 2.35. The minimum atomic E-state index is -0.413. The van der Waals surface area contributed by atoms with Crippen molar-refractivity contribution in [3.8, 4) is 0 Å². The van der Waals surface area contributed by atoms with Crippen LogP contribution >= 0.6 is 0 Å². The van der Waals surface area contributed by atoms with Crippen molar-refractivity contribution in [2.24, 2.45) is 0 Å². The van der Waals surface area contributed by atoms with Gasteiger partial charge in [0.2, 0.25) is 0 Å². The third-order valence-corrected chi connectivity index (χ3v) is 2.55. The first-order chi connectivity index (χ1) is 7.81. The van der Waals surface area contributed by atoms with Gasteiger partial charge in [-0.25, -0.2) is 4.79 Å². The Labute approximate surface area is 93.5 Å². The highest BCUT2D eigenvalue weighted by Crippen LogP contribution is 2.15. The lowest BCUT2D eigenvalue weighted by Crippen LogP contribution is -2.28. The van der Waals surface area contributed by atoms with Crippen LogP contribution in [-0.2, 0) is 29.0 Å². The Bertz CT molecular complexity index is 375. The molecule has 88 valence electrons. The van der Waals surface area contributed by atoms with Gasteiger partial charge in [0.1, 0.15) is 0 Å². The first-order valence-electron chi connectivity index (χ1n) is 5.24. The number of aromatic nitrogens is 2. The van der Waals surface area contributed by atoms with Gasteiger partial charge < -0.3 is 14.8 Å². The van der Waals surface area contributed by atoms with E-state index in [9.17, 15) is 4.79 Å². The van der Waals surface area contributed by atoms with E-state index in [1.165, 1.54) is 12.8 Å². The molecule has 0 fully saturated rings. The fourth-order valence-corrected chi connectivity index (χ4v) is 1.74. The van der Waals surface area contributed by atoms with Crippen LogP contribution in [0.2, 0.25) is 0 Å². The van der Waals surface area contributed by atoms with Gasteiger partial charge in [-0.3, -0.25) is 4.68 Å². The average Bonchev–Trinajstić information content (AvgIpc) is 2.73. The van der Waals surface area contributed by atoms with Crippen LogP contribution in [0.1, 0.15) is 11.3 Å². The van der Waals surface area contributed by atoms with Crippen molar-refractivity contribution >= 4 is 6.09 Å². The standard InChI is InChI=1S/C10H15N3O3/c1-15-10(14)11-3-4-13-9-2-5-16-7-8(9)6-12-13/h6H,2-5,7H2,1H3,(H,11,14). The summed E-state index contributed by atoms with van der Waals surface area (Å²) in [7, 11) is 1.35. The van der Waals surface area contributed by atoms with Gasteiger partial charge >= 0.3 is 6.09 Å². The summed E-state index contributed by atoms with van der Waals surface area (Å²) in [6.45, 7) is 2.55. The Hall–Kier alpha value is -1.56. The van der Waals surface area contributed by atoms with Crippen LogP contribution in [0.4, 0.5) is 4.79 Å². The molecule has 0 radical (unpaired) electrons. The summed E-state index contributed by atoms with van der Waals surface area (Å²) < 4.78 is 11.7. The lowest BCUT2D eigenvalue weighted by Gasteiger charge is -2.14. The Morgan fingerprint density at radius 2 is 2.62 bits per heavy atom. The minimum absolute atomic E-state index is 0.413. The molecule has 0 unspecified atom stereocenters. The number of rotatable bonds is 3. The summed E-state index contributed by atoms with van der Waals surface area (Å²) in [6.07, 6.45) is 2.30. The highest BCUT2D eigenvalue weighted by Gasteiger charge is 2.14. The molecule has 2 heterocycles. The predicted octanol–water partition coefficient (Wildman–Crippen LogP) is 0.312. The zero-order chi connectivity index (χ0) is 11.4. The summed E-state index contributed by atoms with van der Waals surface area (Å²) >= 11 is 0. The van der Waals surface area contributed by atoms with Gasteiger partial charge in [-0.1, -0.05) is 0 Å². The normalized spacial score (nSPS) is 14.3. The number of ether oxygens (including phenoxy) is 2. The largest absolute Gasteiger partial charge is 0.453 e. The molecule has 1 aliphatic rings. The zero-order valence-electron chi connectivity index (χ0n) is 9.23. The summed E-state index contributed by atoms with van der Waals surface area (Å²) in [5, 5.41) is 6.89. The molecule has 1 aliphatic heterocycles. The molecular weight excluding hydrogens is 210 g/mol. The molecule has 1 N–H and O–H groups in total. The third kappa shape index (κ3) is 2.33. The molecule has 0 bridgehead atoms. The molecule has 0 atom stereocenters. The lowest BCUT2D eigenvalue weighted by molar-refractivity contribution is 0.108. The van der Waals surface area contributed by atoms with Gasteiger partial charge in [0.15, 0.2) is 0 Å². The molecule has 1 aromatic rings. The number of carbonyl (C=O) groups is 1. The topological polar surface area (TPSA) is 65.4 Å². The first kappa shape index (κ1) is 10.9. The minimum Gasteiger partial charge on any atom is -0.453 e. The van der Waals surface area contributed by atoms with Crippen LogP contribution in [0.3, 0.4) is 0 Å². The van der Waals surface area contributed by atoms with E-state index < -0.39 is 6.09 Å². The van der Waals surface area contributed by atoms with Crippen LogP contribution in [-0.4, -0.2) is 36.1 Å². The quantitative estimate of drug-likeness (QED) is 0.804. The Morgan fingerprint density at radius 1 is 1.75 bits per heavy atom. The maximum absolute atomic E-state index is 10.8. The fraction of sp³-hybridized carbons (Fsp3) is 0.600. The number of amides is 1. The number of fused-ring (bicyclic) bond motifs is 1. The Balaban J connectivity index is 1.89. The molecule has 2 rings (SSSR count). The van der Waals surface area contributed by atoms with Crippen LogP contribution in [0.5, 0.6) is 0 Å². The summed E-state index contributed by atoms with van der Waals surface area (Å²) in [4.78, 5) is 10.8. The lowest BCUT2D eigenvalue weighted by atomic mass is 10.2. The van der Waals surface area contributed by atoms with Crippen molar-refractivity contribution in [3.63, 3.8) is 0 Å². The highest BCUT2D eigenvalue weighted by molar-refractivity contribution is 5.66. The van der Waals surface area contributed by atoms with Gasteiger partial charge in [0.05, 0.1) is 33.1 Å². The van der Waals surface area contributed by atoms with Gasteiger partial charge in [-0.05, 0) is 0 Å². The summed E-state index contributed by atoms with van der Waals surface area (Å²) in [6, 6.07) is 0. The maximum atomic E-state index is 10.8. The number of methoxy groups -OCH3 is 1. The Kier molecular flexibility index (Phi) is 3.40. The number of alkyl carbamates (subject to hydrolysis) is 1. The van der Waals surface area contributed by atoms with Crippen molar-refractivity contribution in [2.45, 2.75) is 19.6 Å². The van der Waals surface area contributed by atoms with E-state index >= 15 is 0 Å². The highest BCUT2D eigenvalue weighted by atomic mass is 16.5. The van der Waals surface area contributed by atoms with E-state index in [0.29, 0.717) is 19.7 Å². The molecule has 0 spiro atoms. The second kappa shape index (κ2) is 4.98. The molecule has 6 heteroatoms. The fourth-order valence-electron chi connectivity index (χ4n) is 1.74. The number of nitrogens with one attached hydrogen (secondary N) is 1. The van der Waals surface area contributed by atoms with Crippen molar-refractivity contribution < 1.29 is 14.3 Å². The first-order valence-corrected chi connectivity index (χ1v) is 5.24. The van der Waals surface area contributed by atoms with Crippen molar-refractivity contribution in [3.05, 3.63) is 17.5 Å². The van der Waals surface area contributed by atoms with Gasteiger partial charge in [0, 0.05) is 24.2 Å². The van der Waals surface area contributed by atoms with Crippen LogP contribution in [0, 0.1) is 0 Å². The zero-order valence-corrected chi connectivity index (χ0v) is 9.23. The molecule has 1 aromatic heterocycles. The van der Waals surface area contributed by atoms with Crippen molar-refractivity contribution in [1.29, 1.82) is 0 Å². The van der Waals surface area contributed by atoms with Gasteiger partial charge in [0.25, 0.3) is 0 Å². The van der Waals surface area contributed by atoms with E-state index in [2.05, 4.69) is 15.2 Å². The van der Waals surface area contributed by atoms with Crippen molar-refractivity contribution in [1.82, 2.24) is 15.1 Å². The molecule has 1 amide bonds. The third-order valence-electron chi connectivity index (χ3n) is 2.55. The van der Waals surface area contributed by atoms with E-state index in [4.69, 9.17) is 4.74 Å². The maximum Gasteiger partial charge on any atom is 0.406 e. The number of nitrogens with zero attached hydrogens (tertiary/aromatic N) is 2. The molecule has 6 nitrogen and oxygen atoms in total. The monoisotopic (exact) mass is 225 g/mol. The smallest absolute Gasteiger partial charge is 0.406 e. The Morgan fingerprint density at radius 3 is 3.44 bits per heavy atom. The average molecular weight is 225 g/mol. The number of carbonyl (C=O) groups excluding carboxylic acids is 1. The van der Waals surface area contributed by atoms with Gasteiger partial charge in [-0.15, -0.1) is 0 Å². The second-order valence-corrected chi connectivity index (χ2v) is 3.56. The summed E-state index contributed by atoms with van der Waals surface area (Å²) in [5.74, 6) is 0. The van der Waals surface area contributed by atoms with Gasteiger partial charge in [-0.2, -0.15) is 5.10 Å². The van der Waals surface area contributed by atoms with Crippen LogP contribution in [0.15, 0.2) is 6.20 Å².